The van der Waals surface area contributed by atoms with Crippen LogP contribution in [0.1, 0.15) is 40.7 Å². The highest BCUT2D eigenvalue weighted by Gasteiger charge is 2.28. The number of carbonyl (C=O) groups excluding carboxylic acids is 1. The first-order chi connectivity index (χ1) is 17.1. The number of nitrogens with zero attached hydrogens (tertiary/aromatic N) is 2. The Hall–Kier alpha value is -3.54. The highest BCUT2D eigenvalue weighted by molar-refractivity contribution is 6.09. The topological polar surface area (TPSA) is 65.0 Å². The van der Waals surface area contributed by atoms with Crippen molar-refractivity contribution >= 4 is 16.8 Å². The van der Waals surface area contributed by atoms with Gasteiger partial charge in [0.25, 0.3) is 5.91 Å². The summed E-state index contributed by atoms with van der Waals surface area (Å²) in [7, 11) is 0. The molecule has 5 nitrogen and oxygen atoms in total. The third kappa shape index (κ3) is 5.26. The third-order valence-corrected chi connectivity index (χ3v) is 6.89. The summed E-state index contributed by atoms with van der Waals surface area (Å²) >= 11 is 0. The maximum atomic E-state index is 13.8. The van der Waals surface area contributed by atoms with E-state index in [-0.39, 0.29) is 17.1 Å². The van der Waals surface area contributed by atoms with E-state index in [2.05, 4.69) is 17.4 Å². The fourth-order valence-corrected chi connectivity index (χ4v) is 5.09. The van der Waals surface area contributed by atoms with Crippen molar-refractivity contribution in [2.24, 2.45) is 0 Å². The first-order valence-electron chi connectivity index (χ1n) is 12.5. The predicted octanol–water partition coefficient (Wildman–Crippen LogP) is 5.87. The molecule has 5 rings (SSSR count). The summed E-state index contributed by atoms with van der Waals surface area (Å²) in [5.74, 6) is -0.143. The summed E-state index contributed by atoms with van der Waals surface area (Å²) in [4.78, 5) is 18.7. The lowest BCUT2D eigenvalue weighted by molar-refractivity contribution is -0.898. The number of aromatic nitrogens is 1. The van der Waals surface area contributed by atoms with Crippen LogP contribution >= 0.6 is 0 Å². The van der Waals surface area contributed by atoms with Gasteiger partial charge in [-0.2, -0.15) is 0 Å². The maximum Gasteiger partial charge on any atom is 0.252 e. The van der Waals surface area contributed by atoms with Gasteiger partial charge in [-0.15, -0.1) is 0 Å². The smallest absolute Gasteiger partial charge is 0.252 e. The van der Waals surface area contributed by atoms with Crippen molar-refractivity contribution in [1.82, 2.24) is 10.3 Å². The molecule has 0 spiro atoms. The Kier molecular flexibility index (Phi) is 6.89. The van der Waals surface area contributed by atoms with Crippen LogP contribution in [0.25, 0.3) is 22.2 Å². The zero-order valence-corrected chi connectivity index (χ0v) is 20.0. The maximum absolute atomic E-state index is 13.8. The van der Waals surface area contributed by atoms with Crippen LogP contribution in [0.3, 0.4) is 0 Å². The molecule has 0 aliphatic carbocycles. The summed E-state index contributed by atoms with van der Waals surface area (Å²) < 4.78 is -0.301. The molecule has 1 aliphatic heterocycles. The molecule has 1 fully saturated rings. The molecular formula is C30H31N3O2. The second-order valence-electron chi connectivity index (χ2n) is 9.41. The van der Waals surface area contributed by atoms with E-state index in [1.165, 1.54) is 5.56 Å². The van der Waals surface area contributed by atoms with E-state index in [0.29, 0.717) is 25.2 Å². The number of pyridine rings is 1. The monoisotopic (exact) mass is 465 g/mol. The van der Waals surface area contributed by atoms with Crippen molar-refractivity contribution in [3.8, 4) is 11.3 Å². The molecule has 0 saturated carbocycles. The molecule has 178 valence electrons. The normalized spacial score (nSPS) is 15.1. The molecule has 1 aromatic heterocycles. The van der Waals surface area contributed by atoms with Crippen molar-refractivity contribution in [2.75, 3.05) is 19.6 Å². The second kappa shape index (κ2) is 10.4. The van der Waals surface area contributed by atoms with Crippen LogP contribution in [-0.2, 0) is 13.0 Å². The van der Waals surface area contributed by atoms with Gasteiger partial charge in [-0.3, -0.25) is 4.79 Å². The van der Waals surface area contributed by atoms with Crippen molar-refractivity contribution in [3.05, 3.63) is 107 Å². The number of likely N-dealkylation sites (tertiary alicyclic amines) is 1. The second-order valence-corrected chi connectivity index (χ2v) is 9.41. The summed E-state index contributed by atoms with van der Waals surface area (Å²) in [5, 5.41) is 17.7. The average molecular weight is 466 g/mol. The van der Waals surface area contributed by atoms with Gasteiger partial charge in [0.05, 0.1) is 29.9 Å². The van der Waals surface area contributed by atoms with Gasteiger partial charge in [-0.25, -0.2) is 4.98 Å². The predicted molar refractivity (Wildman–Crippen MR) is 141 cm³/mol. The van der Waals surface area contributed by atoms with E-state index in [1.54, 1.807) is 0 Å². The van der Waals surface area contributed by atoms with Crippen molar-refractivity contribution in [1.29, 1.82) is 0 Å². The van der Waals surface area contributed by atoms with E-state index in [9.17, 15) is 10.0 Å². The number of hydroxylamine groups is 3. The minimum atomic E-state index is -0.301. The number of amides is 1. The Balaban J connectivity index is 1.58. The lowest BCUT2D eigenvalue weighted by Crippen LogP contribution is -2.46. The molecule has 2 heterocycles. The van der Waals surface area contributed by atoms with Crippen LogP contribution in [0.5, 0.6) is 0 Å². The fourth-order valence-electron chi connectivity index (χ4n) is 5.09. The summed E-state index contributed by atoms with van der Waals surface area (Å²) in [5.41, 5.74) is 4.94. The molecule has 1 aliphatic rings. The van der Waals surface area contributed by atoms with Crippen LogP contribution in [0.15, 0.2) is 84.9 Å². The number of fused-ring (bicyclic) bond motifs is 1. The van der Waals surface area contributed by atoms with Gasteiger partial charge in [0.2, 0.25) is 0 Å². The number of quaternary nitrogens is 1. The average Bonchev–Trinajstić information content (AvgIpc) is 2.89. The van der Waals surface area contributed by atoms with Crippen LogP contribution in [0.4, 0.5) is 0 Å². The Labute approximate surface area is 206 Å². The highest BCUT2D eigenvalue weighted by atomic mass is 16.5. The van der Waals surface area contributed by atoms with Crippen LogP contribution in [0.2, 0.25) is 0 Å². The zero-order chi connectivity index (χ0) is 24.1. The summed E-state index contributed by atoms with van der Waals surface area (Å²) in [6.45, 7) is 1.94. The number of piperidine rings is 1. The molecule has 0 radical (unpaired) electrons. The molecule has 0 bridgehead atoms. The highest BCUT2D eigenvalue weighted by Crippen LogP contribution is 2.34. The number of hydrogen-bond acceptors (Lipinski definition) is 3. The van der Waals surface area contributed by atoms with Crippen LogP contribution in [0, 0.1) is 5.21 Å². The van der Waals surface area contributed by atoms with E-state index in [4.69, 9.17) is 4.98 Å². The standard InChI is InChI=1S/C30H31N3O2/c34-30(31-19-18-23-12-4-1-5-13-23)28-25-16-8-9-17-27(25)32-29(24-14-6-2-7-15-24)26(28)22-33(35)20-10-3-11-21-33/h1-2,4-9,12-17H,3,10-11,18-22H2,(H,31,34). The molecule has 1 amide bonds. The van der Waals surface area contributed by atoms with E-state index < -0.39 is 0 Å². The SMILES string of the molecule is O=C(NCCc1ccccc1)c1c(C[N+]2([O-])CCCCC2)c(-c2ccccc2)nc2ccccc12. The van der Waals surface area contributed by atoms with Gasteiger partial charge in [-0.1, -0.05) is 78.9 Å². The lowest BCUT2D eigenvalue weighted by atomic mass is 9.94. The fraction of sp³-hybridized carbons (Fsp3) is 0.267. The van der Waals surface area contributed by atoms with Crippen molar-refractivity contribution < 1.29 is 9.44 Å². The molecule has 1 N–H and O–H groups in total. The molecular weight excluding hydrogens is 434 g/mol. The van der Waals surface area contributed by atoms with Gasteiger partial charge in [0.15, 0.2) is 0 Å². The van der Waals surface area contributed by atoms with Gasteiger partial charge < -0.3 is 15.2 Å². The first kappa shape index (κ1) is 23.2. The molecule has 4 aromatic rings. The van der Waals surface area contributed by atoms with Gasteiger partial charge in [0.1, 0.15) is 6.54 Å². The van der Waals surface area contributed by atoms with Crippen LogP contribution in [-0.4, -0.2) is 35.2 Å². The largest absolute Gasteiger partial charge is 0.633 e. The van der Waals surface area contributed by atoms with E-state index in [0.717, 1.165) is 53.4 Å². The van der Waals surface area contributed by atoms with E-state index >= 15 is 0 Å². The van der Waals surface area contributed by atoms with Gasteiger partial charge in [-0.05, 0) is 37.3 Å². The number of rotatable bonds is 7. The van der Waals surface area contributed by atoms with Crippen molar-refractivity contribution in [3.63, 3.8) is 0 Å². The molecule has 3 aromatic carbocycles. The Bertz CT molecular complexity index is 1300. The summed E-state index contributed by atoms with van der Waals surface area (Å²) in [6.07, 6.45) is 3.68. The number of hydrogen-bond donors (Lipinski definition) is 1. The minimum absolute atomic E-state index is 0.143. The molecule has 35 heavy (non-hydrogen) atoms. The first-order valence-corrected chi connectivity index (χ1v) is 12.5. The quantitative estimate of drug-likeness (QED) is 0.274. The Morgan fingerprint density at radius 1 is 0.857 bits per heavy atom. The minimum Gasteiger partial charge on any atom is -0.633 e. The molecule has 1 saturated heterocycles. The van der Waals surface area contributed by atoms with Crippen LogP contribution < -0.4 is 5.32 Å². The Morgan fingerprint density at radius 3 is 2.26 bits per heavy atom. The van der Waals surface area contributed by atoms with Gasteiger partial charge in [0, 0.05) is 23.1 Å². The number of benzene rings is 3. The molecule has 5 heteroatoms. The molecule has 0 atom stereocenters. The molecule has 0 unspecified atom stereocenters. The van der Waals surface area contributed by atoms with Crippen molar-refractivity contribution in [2.45, 2.75) is 32.2 Å². The number of nitrogens with one attached hydrogen (secondary N) is 1. The third-order valence-electron chi connectivity index (χ3n) is 6.89. The Morgan fingerprint density at radius 2 is 1.51 bits per heavy atom. The lowest BCUT2D eigenvalue weighted by Gasteiger charge is -2.46. The summed E-state index contributed by atoms with van der Waals surface area (Å²) in [6, 6.07) is 27.8. The van der Waals surface area contributed by atoms with Gasteiger partial charge >= 0.3 is 0 Å². The number of para-hydroxylation sites is 1. The number of carbonyl (C=O) groups is 1. The van der Waals surface area contributed by atoms with E-state index in [1.807, 2.05) is 72.8 Å². The zero-order valence-electron chi connectivity index (χ0n) is 20.0.